The van der Waals surface area contributed by atoms with Crippen LogP contribution in [0.4, 0.5) is 0 Å². The molecule has 0 aliphatic heterocycles. The van der Waals surface area contributed by atoms with Gasteiger partial charge >= 0.3 is 0 Å². The molecule has 4 nitrogen and oxygen atoms in total. The molecule has 1 aliphatic carbocycles. The van der Waals surface area contributed by atoms with Crippen LogP contribution >= 0.6 is 0 Å². The van der Waals surface area contributed by atoms with Crippen LogP contribution in [0.1, 0.15) is 66.0 Å². The van der Waals surface area contributed by atoms with Crippen LogP contribution < -0.4 is 10.1 Å². The zero-order valence-corrected chi connectivity index (χ0v) is 15.1. The zero-order valence-electron chi connectivity index (χ0n) is 15.1. The third-order valence-corrected chi connectivity index (χ3v) is 4.79. The summed E-state index contributed by atoms with van der Waals surface area (Å²) in [6.45, 7) is 4.37. The first kappa shape index (κ1) is 17.6. The van der Waals surface area contributed by atoms with Gasteiger partial charge in [-0.05, 0) is 56.0 Å². The number of carbonyl (C=O) groups excluding carboxylic acids is 1. The summed E-state index contributed by atoms with van der Waals surface area (Å²) in [4.78, 5) is 12.4. The van der Waals surface area contributed by atoms with Crippen molar-refractivity contribution in [2.45, 2.75) is 65.0 Å². The molecule has 1 N–H and O–H groups in total. The topological polar surface area (TPSA) is 51.5 Å². The van der Waals surface area contributed by atoms with Gasteiger partial charge in [-0.15, -0.1) is 0 Å². The van der Waals surface area contributed by atoms with E-state index in [4.69, 9.17) is 9.15 Å². The molecule has 1 aromatic heterocycles. The molecule has 1 aromatic carbocycles. The van der Waals surface area contributed by atoms with Gasteiger partial charge in [0.1, 0.15) is 18.1 Å². The largest absolute Gasteiger partial charge is 0.485 e. The van der Waals surface area contributed by atoms with Crippen LogP contribution in [0.3, 0.4) is 0 Å². The first-order valence-electron chi connectivity index (χ1n) is 9.21. The monoisotopic (exact) mass is 341 g/mol. The summed E-state index contributed by atoms with van der Waals surface area (Å²) < 4.78 is 11.5. The summed E-state index contributed by atoms with van der Waals surface area (Å²) in [5, 5.41) is 3.11. The summed E-state index contributed by atoms with van der Waals surface area (Å²) in [5.74, 6) is 1.75. The van der Waals surface area contributed by atoms with Crippen molar-refractivity contribution in [1.82, 2.24) is 5.32 Å². The third-order valence-electron chi connectivity index (χ3n) is 4.79. The Balaban J connectivity index is 1.56. The minimum absolute atomic E-state index is 0.120. The van der Waals surface area contributed by atoms with Crippen molar-refractivity contribution in [2.24, 2.45) is 0 Å². The molecule has 1 heterocycles. The normalized spacial score (nSPS) is 15.6. The van der Waals surface area contributed by atoms with Crippen molar-refractivity contribution in [3.8, 4) is 5.75 Å². The Morgan fingerprint density at radius 2 is 1.88 bits per heavy atom. The van der Waals surface area contributed by atoms with Crippen molar-refractivity contribution in [3.05, 3.63) is 53.0 Å². The van der Waals surface area contributed by atoms with E-state index in [1.165, 1.54) is 25.7 Å². The summed E-state index contributed by atoms with van der Waals surface area (Å²) in [6, 6.07) is 9.93. The van der Waals surface area contributed by atoms with Crippen molar-refractivity contribution >= 4 is 5.91 Å². The average molecular weight is 341 g/mol. The minimum Gasteiger partial charge on any atom is -0.485 e. The molecule has 134 valence electrons. The molecule has 3 rings (SSSR count). The molecular formula is C21H27NO3. The highest BCUT2D eigenvalue weighted by Crippen LogP contribution is 2.21. The first-order valence-corrected chi connectivity index (χ1v) is 9.21. The molecule has 2 aromatic rings. The lowest BCUT2D eigenvalue weighted by Crippen LogP contribution is -2.34. The van der Waals surface area contributed by atoms with Crippen molar-refractivity contribution in [3.63, 3.8) is 0 Å². The molecular weight excluding hydrogens is 314 g/mol. The molecule has 1 amide bonds. The fourth-order valence-electron chi connectivity index (χ4n) is 3.27. The van der Waals surface area contributed by atoms with Gasteiger partial charge < -0.3 is 14.5 Å². The maximum absolute atomic E-state index is 12.4. The minimum atomic E-state index is -0.120. The van der Waals surface area contributed by atoms with Gasteiger partial charge in [0, 0.05) is 6.04 Å². The molecule has 4 heteroatoms. The maximum Gasteiger partial charge on any atom is 0.287 e. The van der Waals surface area contributed by atoms with E-state index in [0.29, 0.717) is 18.1 Å². The number of hydrogen-bond donors (Lipinski definition) is 1. The Hall–Kier alpha value is -2.23. The standard InChI is InChI=1S/C21H27NO3/c1-15-9-10-16(2)20(13-15)24-14-18-11-12-19(25-18)21(23)22-17-7-5-3-4-6-8-17/h9-13,17H,3-8,14H2,1-2H3,(H,22,23). The highest BCUT2D eigenvalue weighted by Gasteiger charge is 2.18. The van der Waals surface area contributed by atoms with Crippen LogP contribution in [0.15, 0.2) is 34.7 Å². The third kappa shape index (κ3) is 4.88. The van der Waals surface area contributed by atoms with Crippen LogP contribution in [0.2, 0.25) is 0 Å². The number of amides is 1. The van der Waals surface area contributed by atoms with Crippen molar-refractivity contribution in [2.75, 3.05) is 0 Å². The number of benzene rings is 1. The Morgan fingerprint density at radius 3 is 2.64 bits per heavy atom. The van der Waals surface area contributed by atoms with Gasteiger partial charge in [0.05, 0.1) is 0 Å². The van der Waals surface area contributed by atoms with E-state index in [0.717, 1.165) is 29.7 Å². The van der Waals surface area contributed by atoms with Crippen LogP contribution in [0.5, 0.6) is 5.75 Å². The van der Waals surface area contributed by atoms with Crippen LogP contribution in [-0.4, -0.2) is 11.9 Å². The quantitative estimate of drug-likeness (QED) is 0.785. The highest BCUT2D eigenvalue weighted by molar-refractivity contribution is 5.91. The molecule has 0 unspecified atom stereocenters. The van der Waals surface area contributed by atoms with Crippen LogP contribution in [0.25, 0.3) is 0 Å². The summed E-state index contributed by atoms with van der Waals surface area (Å²) in [7, 11) is 0. The molecule has 1 aliphatic rings. The summed E-state index contributed by atoms with van der Waals surface area (Å²) in [5.41, 5.74) is 2.24. The number of aryl methyl sites for hydroxylation is 2. The Kier molecular flexibility index (Phi) is 5.79. The fourth-order valence-corrected chi connectivity index (χ4v) is 3.27. The van der Waals surface area contributed by atoms with Crippen LogP contribution in [0, 0.1) is 13.8 Å². The number of ether oxygens (including phenoxy) is 1. The lowest BCUT2D eigenvalue weighted by Gasteiger charge is -2.15. The van der Waals surface area contributed by atoms with Gasteiger partial charge in [-0.2, -0.15) is 0 Å². The fraction of sp³-hybridized carbons (Fsp3) is 0.476. The van der Waals surface area contributed by atoms with E-state index in [1.54, 1.807) is 6.07 Å². The zero-order chi connectivity index (χ0) is 17.6. The number of nitrogens with one attached hydrogen (secondary N) is 1. The molecule has 0 atom stereocenters. The van der Waals surface area contributed by atoms with Gasteiger partial charge in [-0.1, -0.05) is 37.8 Å². The maximum atomic E-state index is 12.4. The molecule has 0 spiro atoms. The predicted octanol–water partition coefficient (Wildman–Crippen LogP) is 4.93. The second-order valence-electron chi connectivity index (χ2n) is 6.99. The molecule has 1 fully saturated rings. The SMILES string of the molecule is Cc1ccc(C)c(OCc2ccc(C(=O)NC3CCCCCC3)o2)c1. The smallest absolute Gasteiger partial charge is 0.287 e. The van der Waals surface area contributed by atoms with E-state index >= 15 is 0 Å². The van der Waals surface area contributed by atoms with E-state index < -0.39 is 0 Å². The molecule has 1 saturated carbocycles. The number of hydrogen-bond acceptors (Lipinski definition) is 3. The van der Waals surface area contributed by atoms with Gasteiger partial charge in [-0.25, -0.2) is 0 Å². The Labute approximate surface area is 149 Å². The molecule has 0 bridgehead atoms. The lowest BCUT2D eigenvalue weighted by molar-refractivity contribution is 0.0901. The van der Waals surface area contributed by atoms with Gasteiger partial charge in [0.25, 0.3) is 5.91 Å². The molecule has 25 heavy (non-hydrogen) atoms. The van der Waals surface area contributed by atoms with Crippen molar-refractivity contribution in [1.29, 1.82) is 0 Å². The van der Waals surface area contributed by atoms with Gasteiger partial charge in [-0.3, -0.25) is 4.79 Å². The van der Waals surface area contributed by atoms with E-state index in [9.17, 15) is 4.79 Å². The number of rotatable bonds is 5. The Bertz CT molecular complexity index is 712. The average Bonchev–Trinajstić information content (AvgIpc) is 2.93. The summed E-state index contributed by atoms with van der Waals surface area (Å²) >= 11 is 0. The predicted molar refractivity (Wildman–Crippen MR) is 97.9 cm³/mol. The lowest BCUT2D eigenvalue weighted by atomic mass is 10.1. The number of furan rings is 1. The Morgan fingerprint density at radius 1 is 1.12 bits per heavy atom. The molecule has 0 saturated heterocycles. The first-order chi connectivity index (χ1) is 12.1. The summed E-state index contributed by atoms with van der Waals surface area (Å²) in [6.07, 6.45) is 7.06. The van der Waals surface area contributed by atoms with E-state index in [-0.39, 0.29) is 11.9 Å². The molecule has 0 radical (unpaired) electrons. The van der Waals surface area contributed by atoms with Crippen LogP contribution in [-0.2, 0) is 6.61 Å². The van der Waals surface area contributed by atoms with Crippen molar-refractivity contribution < 1.29 is 13.9 Å². The number of carbonyl (C=O) groups is 1. The van der Waals surface area contributed by atoms with E-state index in [1.807, 2.05) is 32.0 Å². The second-order valence-corrected chi connectivity index (χ2v) is 6.99. The highest BCUT2D eigenvalue weighted by atomic mass is 16.5. The van der Waals surface area contributed by atoms with Gasteiger partial charge in [0.15, 0.2) is 5.76 Å². The second kappa shape index (κ2) is 8.24. The van der Waals surface area contributed by atoms with E-state index in [2.05, 4.69) is 11.4 Å². The van der Waals surface area contributed by atoms with Gasteiger partial charge in [0.2, 0.25) is 0 Å².